The van der Waals surface area contributed by atoms with Gasteiger partial charge in [0, 0.05) is 59.4 Å². The van der Waals surface area contributed by atoms with Crippen LogP contribution in [0.15, 0.2) is 122 Å². The van der Waals surface area contributed by atoms with E-state index in [9.17, 15) is 9.59 Å². The monoisotopic (exact) mass is 677 g/mol. The van der Waals surface area contributed by atoms with Crippen molar-refractivity contribution in [1.82, 2.24) is 0 Å². The summed E-state index contributed by atoms with van der Waals surface area (Å²) in [7, 11) is 4.01. The van der Waals surface area contributed by atoms with Gasteiger partial charge in [0.1, 0.15) is 11.5 Å². The van der Waals surface area contributed by atoms with Crippen molar-refractivity contribution in [3.8, 4) is 11.5 Å². The molecule has 0 unspecified atom stereocenters. The largest absolute Gasteiger partial charge is 0.494 e. The molecule has 0 fully saturated rings. The number of carbonyl (C=O) groups is 2. The molecule has 0 spiro atoms. The van der Waals surface area contributed by atoms with Gasteiger partial charge < -0.3 is 42.0 Å². The lowest BCUT2D eigenvalue weighted by atomic mass is 10.1. The zero-order chi connectivity index (χ0) is 36.3. The maximum absolute atomic E-state index is 12.6. The first-order valence-electron chi connectivity index (χ1n) is 16.2. The number of esters is 2. The van der Waals surface area contributed by atoms with E-state index >= 15 is 0 Å². The molecule has 0 bridgehead atoms. The van der Waals surface area contributed by atoms with Crippen molar-refractivity contribution in [2.24, 2.45) is 0 Å². The lowest BCUT2D eigenvalue weighted by Gasteiger charge is -2.11. The lowest BCUT2D eigenvalue weighted by Crippen LogP contribution is -2.09. The second-order valence-corrected chi connectivity index (χ2v) is 11.4. The highest BCUT2D eigenvalue weighted by atomic mass is 16.5. The topological polar surface area (TPSA) is 169 Å². The maximum atomic E-state index is 12.6. The molecule has 10 heteroatoms. The van der Waals surface area contributed by atoms with Crippen LogP contribution in [0.1, 0.15) is 36.0 Å². The molecule has 0 heterocycles. The van der Waals surface area contributed by atoms with Gasteiger partial charge in [-0.3, -0.25) is 0 Å². The van der Waals surface area contributed by atoms with E-state index in [1.54, 1.807) is 60.7 Å². The Bertz CT molecular complexity index is 1770. The van der Waals surface area contributed by atoms with E-state index in [-0.39, 0.29) is 5.97 Å². The Morgan fingerprint density at radius 2 is 1.20 bits per heavy atom. The van der Waals surface area contributed by atoms with Crippen LogP contribution in [0, 0.1) is 0 Å². The van der Waals surface area contributed by atoms with Gasteiger partial charge in [-0.2, -0.15) is 0 Å². The van der Waals surface area contributed by atoms with E-state index in [0.717, 1.165) is 53.5 Å². The molecule has 10 nitrogen and oxygen atoms in total. The van der Waals surface area contributed by atoms with Gasteiger partial charge in [-0.15, -0.1) is 0 Å². The number of carbonyl (C=O) groups excluding carboxylic acids is 2. The molecular formula is C40H47N5O5. The lowest BCUT2D eigenvalue weighted by molar-refractivity contribution is -0.137. The van der Waals surface area contributed by atoms with Gasteiger partial charge in [-0.05, 0) is 111 Å². The fourth-order valence-electron chi connectivity index (χ4n) is 4.48. The number of fused-ring (bicyclic) bond motifs is 1. The summed E-state index contributed by atoms with van der Waals surface area (Å²) >= 11 is 0. The molecule has 0 saturated heterocycles. The van der Waals surface area contributed by atoms with E-state index in [1.165, 1.54) is 11.8 Å². The first kappa shape index (κ1) is 38.3. The maximum Gasteiger partial charge on any atom is 0.343 e. The van der Waals surface area contributed by atoms with Gasteiger partial charge in [0.2, 0.25) is 0 Å². The molecule has 0 radical (unpaired) electrons. The molecule has 0 saturated carbocycles. The third-order valence-electron chi connectivity index (χ3n) is 7.27. The van der Waals surface area contributed by atoms with Crippen molar-refractivity contribution in [2.75, 3.05) is 55.1 Å². The Hall–Kier alpha value is -6.16. The number of nitrogens with zero attached hydrogens (tertiary/aromatic N) is 1. The number of unbranched alkanes of at least 4 members (excludes halogenated alkanes) is 3. The van der Waals surface area contributed by atoms with Crippen molar-refractivity contribution in [3.05, 3.63) is 127 Å². The average molecular weight is 678 g/mol. The third kappa shape index (κ3) is 13.2. The summed E-state index contributed by atoms with van der Waals surface area (Å²) in [5.74, 6) is 0.338. The predicted molar refractivity (Wildman–Crippen MR) is 205 cm³/mol. The number of benzene rings is 5. The van der Waals surface area contributed by atoms with Crippen LogP contribution in [0.25, 0.3) is 10.8 Å². The molecule has 0 aliphatic rings. The molecule has 0 aliphatic heterocycles. The predicted octanol–water partition coefficient (Wildman–Crippen LogP) is 7.50. The molecule has 50 heavy (non-hydrogen) atoms. The summed E-state index contributed by atoms with van der Waals surface area (Å²) in [6, 6.07) is 32.7. The minimum Gasteiger partial charge on any atom is -0.494 e. The number of rotatable bonds is 12. The second kappa shape index (κ2) is 20.3. The minimum absolute atomic E-state index is 0.387. The normalized spacial score (nSPS) is 10.0. The van der Waals surface area contributed by atoms with Crippen molar-refractivity contribution in [3.63, 3.8) is 0 Å². The van der Waals surface area contributed by atoms with Crippen LogP contribution in [0.4, 0.5) is 28.4 Å². The summed E-state index contributed by atoms with van der Waals surface area (Å²) in [5, 5.41) is 1.64. The SMILES string of the molecule is C=CC(=O)OCCCCCCOc1ccc(C(=O)Oc2ccc(N)c3ccccc23)cc1.CN(C)c1ccc(N)cc1.Nc1ccc(N)cc1. The van der Waals surface area contributed by atoms with Crippen LogP contribution in [-0.2, 0) is 9.53 Å². The summed E-state index contributed by atoms with van der Waals surface area (Å²) in [6.45, 7) is 4.34. The van der Waals surface area contributed by atoms with Crippen LogP contribution in [-0.4, -0.2) is 39.2 Å². The zero-order valence-electron chi connectivity index (χ0n) is 28.7. The van der Waals surface area contributed by atoms with Gasteiger partial charge in [-0.25, -0.2) is 9.59 Å². The molecular weight excluding hydrogens is 630 g/mol. The van der Waals surface area contributed by atoms with Crippen LogP contribution in [0.2, 0.25) is 0 Å². The van der Waals surface area contributed by atoms with Crippen LogP contribution in [0.5, 0.6) is 11.5 Å². The number of nitrogens with two attached hydrogens (primary N) is 4. The molecule has 262 valence electrons. The van der Waals surface area contributed by atoms with Gasteiger partial charge in [0.25, 0.3) is 0 Å². The van der Waals surface area contributed by atoms with Crippen molar-refractivity contribution >= 4 is 51.1 Å². The van der Waals surface area contributed by atoms with Crippen LogP contribution >= 0.6 is 0 Å². The van der Waals surface area contributed by atoms with E-state index in [1.807, 2.05) is 67.5 Å². The summed E-state index contributed by atoms with van der Waals surface area (Å²) in [5.41, 5.74) is 26.8. The standard InChI is InChI=1S/C26H27NO5.C8H12N2.C6H8N2/c1-2-25(28)31-18-8-4-3-7-17-30-20-13-11-19(12-14-20)26(29)32-24-16-15-23(27)21-9-5-6-10-22(21)24;1-10(2)8-5-3-7(9)4-6-8;7-5-1-2-6(8)4-3-5/h2,5-6,9-16H,1,3-4,7-8,17-18,27H2;3-6H,9H2,1-2H3;1-4H,7-8H2. The van der Waals surface area contributed by atoms with Gasteiger partial charge in [0.05, 0.1) is 18.8 Å². The Kier molecular flexibility index (Phi) is 15.5. The van der Waals surface area contributed by atoms with E-state index in [4.69, 9.17) is 37.1 Å². The Balaban J connectivity index is 0.000000303. The Labute approximate surface area is 294 Å². The van der Waals surface area contributed by atoms with Crippen LogP contribution in [0.3, 0.4) is 0 Å². The van der Waals surface area contributed by atoms with Crippen molar-refractivity contribution in [2.45, 2.75) is 25.7 Å². The minimum atomic E-state index is -0.441. The highest BCUT2D eigenvalue weighted by molar-refractivity contribution is 6.00. The van der Waals surface area contributed by atoms with Crippen molar-refractivity contribution in [1.29, 1.82) is 0 Å². The first-order valence-corrected chi connectivity index (χ1v) is 16.2. The molecule has 5 aromatic carbocycles. The number of hydrogen-bond acceptors (Lipinski definition) is 10. The quantitative estimate of drug-likeness (QED) is 0.0341. The molecule has 0 atom stereocenters. The fraction of sp³-hybridized carbons (Fsp3) is 0.200. The molecule has 8 N–H and O–H groups in total. The Morgan fingerprint density at radius 1 is 0.660 bits per heavy atom. The number of hydrogen-bond donors (Lipinski definition) is 4. The van der Waals surface area contributed by atoms with E-state index in [2.05, 4.69) is 6.58 Å². The summed E-state index contributed by atoms with van der Waals surface area (Å²) in [6.07, 6.45) is 4.81. The summed E-state index contributed by atoms with van der Waals surface area (Å²) in [4.78, 5) is 25.5. The van der Waals surface area contributed by atoms with Crippen LogP contribution < -0.4 is 37.3 Å². The van der Waals surface area contributed by atoms with E-state index < -0.39 is 5.97 Å². The third-order valence-corrected chi connectivity index (χ3v) is 7.27. The molecule has 0 aliphatic carbocycles. The highest BCUT2D eigenvalue weighted by Gasteiger charge is 2.12. The smallest absolute Gasteiger partial charge is 0.343 e. The first-order chi connectivity index (χ1) is 24.1. The van der Waals surface area contributed by atoms with E-state index in [0.29, 0.717) is 36.0 Å². The fourth-order valence-corrected chi connectivity index (χ4v) is 4.48. The molecule has 5 aromatic rings. The molecule has 5 rings (SSSR count). The molecule has 0 amide bonds. The number of ether oxygens (including phenoxy) is 3. The molecule has 0 aromatic heterocycles. The average Bonchev–Trinajstić information content (AvgIpc) is 3.12. The Morgan fingerprint density at radius 3 is 1.76 bits per heavy atom. The summed E-state index contributed by atoms with van der Waals surface area (Å²) < 4.78 is 16.3. The highest BCUT2D eigenvalue weighted by Crippen LogP contribution is 2.30. The van der Waals surface area contributed by atoms with Gasteiger partial charge in [-0.1, -0.05) is 30.8 Å². The number of anilines is 5. The number of nitrogen functional groups attached to an aromatic ring is 4. The van der Waals surface area contributed by atoms with Crippen molar-refractivity contribution < 1.29 is 23.8 Å². The zero-order valence-corrected chi connectivity index (χ0v) is 28.7. The van der Waals surface area contributed by atoms with Gasteiger partial charge >= 0.3 is 11.9 Å². The van der Waals surface area contributed by atoms with Gasteiger partial charge in [0.15, 0.2) is 0 Å². The second-order valence-electron chi connectivity index (χ2n) is 11.4.